The maximum absolute atomic E-state index is 13.0. The zero-order chi connectivity index (χ0) is 27.3. The number of carbonyl (C=O) groups is 6. The Bertz CT molecular complexity index is 1120. The number of likely N-dealkylation sites (N-methyl/N-ethyl adjacent to an activating group) is 1. The second-order valence-electron chi connectivity index (χ2n) is 8.29. The van der Waals surface area contributed by atoms with E-state index in [0.717, 1.165) is 0 Å². The van der Waals surface area contributed by atoms with Crippen LogP contribution in [0.3, 0.4) is 0 Å². The van der Waals surface area contributed by atoms with Gasteiger partial charge in [-0.05, 0) is 25.0 Å². The minimum absolute atomic E-state index is 0.00144. The number of para-hydroxylation sites is 1. The minimum atomic E-state index is -1.62. The highest BCUT2D eigenvalue weighted by atomic mass is 16.5. The zero-order valence-electron chi connectivity index (χ0n) is 19.8. The highest BCUT2D eigenvalue weighted by Gasteiger charge is 2.40. The van der Waals surface area contributed by atoms with Crippen LogP contribution in [0.5, 0.6) is 5.75 Å². The van der Waals surface area contributed by atoms with Crippen LogP contribution in [0.25, 0.3) is 0 Å². The van der Waals surface area contributed by atoms with E-state index in [4.69, 9.17) is 9.76 Å². The van der Waals surface area contributed by atoms with Crippen molar-refractivity contribution in [3.63, 3.8) is 0 Å². The molecule has 0 spiro atoms. The molecular formula is C21H26BN5O10. The number of aliphatic carboxylic acids is 1. The summed E-state index contributed by atoms with van der Waals surface area (Å²) in [5.74, 6) is -6.33. The minimum Gasteiger partial charge on any atom is -0.534 e. The van der Waals surface area contributed by atoms with Gasteiger partial charge in [-0.15, -0.1) is 0 Å². The van der Waals surface area contributed by atoms with E-state index in [9.17, 15) is 38.9 Å². The van der Waals surface area contributed by atoms with Gasteiger partial charge >= 0.3 is 36.9 Å². The maximum atomic E-state index is 13.0. The van der Waals surface area contributed by atoms with Crippen molar-refractivity contribution in [2.45, 2.75) is 25.3 Å². The highest BCUT2D eigenvalue weighted by molar-refractivity contribution is 6.47. The second kappa shape index (κ2) is 11.7. The topological polar surface area (TPSA) is 215 Å². The van der Waals surface area contributed by atoms with Gasteiger partial charge < -0.3 is 40.7 Å². The van der Waals surface area contributed by atoms with Crippen molar-refractivity contribution < 1.29 is 48.7 Å². The fraction of sp³-hybridized carbons (Fsp3) is 0.429. The van der Waals surface area contributed by atoms with Gasteiger partial charge in [0, 0.05) is 26.2 Å². The maximum Gasteiger partial charge on any atom is 0.547 e. The lowest BCUT2D eigenvalue weighted by Gasteiger charge is -2.33. The van der Waals surface area contributed by atoms with Crippen LogP contribution in [0.2, 0.25) is 0 Å². The Balaban J connectivity index is 1.72. The lowest BCUT2D eigenvalue weighted by molar-refractivity contribution is -0.153. The van der Waals surface area contributed by atoms with Crippen molar-refractivity contribution in [2.24, 2.45) is 0 Å². The third kappa shape index (κ3) is 6.34. The Morgan fingerprint density at radius 2 is 1.89 bits per heavy atom. The quantitative estimate of drug-likeness (QED) is 0.145. The highest BCUT2D eigenvalue weighted by Crippen LogP contribution is 2.30. The number of benzene rings is 1. The van der Waals surface area contributed by atoms with E-state index in [1.54, 1.807) is 13.0 Å². The summed E-state index contributed by atoms with van der Waals surface area (Å²) < 4.78 is 5.34. The first kappa shape index (κ1) is 27.4. The van der Waals surface area contributed by atoms with Gasteiger partial charge in [0.15, 0.2) is 0 Å². The third-order valence-electron chi connectivity index (χ3n) is 5.85. The molecule has 15 nitrogen and oxygen atoms in total. The third-order valence-corrected chi connectivity index (χ3v) is 5.85. The van der Waals surface area contributed by atoms with Crippen molar-refractivity contribution in [1.29, 1.82) is 0 Å². The normalized spacial score (nSPS) is 18.0. The number of carboxylic acid groups (broad SMARTS) is 2. The number of aromatic carboxylic acids is 1. The molecule has 5 amide bonds. The summed E-state index contributed by atoms with van der Waals surface area (Å²) in [4.78, 5) is 74.5. The first-order valence-electron chi connectivity index (χ1n) is 11.4. The van der Waals surface area contributed by atoms with Gasteiger partial charge in [-0.3, -0.25) is 24.1 Å². The van der Waals surface area contributed by atoms with Gasteiger partial charge in [-0.25, -0.2) is 9.59 Å². The molecular weight excluding hydrogens is 493 g/mol. The van der Waals surface area contributed by atoms with Crippen LogP contribution >= 0.6 is 0 Å². The van der Waals surface area contributed by atoms with Crippen LogP contribution in [-0.2, 0) is 25.6 Å². The van der Waals surface area contributed by atoms with Crippen LogP contribution in [0.15, 0.2) is 18.2 Å². The Labute approximate surface area is 210 Å². The van der Waals surface area contributed by atoms with E-state index in [2.05, 4.69) is 16.0 Å². The Kier molecular flexibility index (Phi) is 8.67. The van der Waals surface area contributed by atoms with Crippen LogP contribution < -0.4 is 20.6 Å². The first-order chi connectivity index (χ1) is 17.5. The number of carbonyl (C=O) groups excluding carboxylic acids is 4. The van der Waals surface area contributed by atoms with Crippen LogP contribution in [0, 0.1) is 0 Å². The van der Waals surface area contributed by atoms with Crippen LogP contribution in [0.4, 0.5) is 4.79 Å². The Morgan fingerprint density at radius 1 is 1.16 bits per heavy atom. The average Bonchev–Trinajstić information content (AvgIpc) is 2.84. The summed E-state index contributed by atoms with van der Waals surface area (Å²) in [7, 11) is -1.62. The predicted molar refractivity (Wildman–Crippen MR) is 124 cm³/mol. The number of hydrogen-bond acceptors (Lipinski definition) is 9. The molecule has 0 unspecified atom stereocenters. The van der Waals surface area contributed by atoms with Gasteiger partial charge in [-0.2, -0.15) is 0 Å². The number of hydrogen-bond donors (Lipinski definition) is 6. The van der Waals surface area contributed by atoms with Crippen LogP contribution in [-0.4, -0.2) is 113 Å². The number of piperazine rings is 1. The molecule has 2 aliphatic rings. The average molecular weight is 519 g/mol. The molecule has 16 heteroatoms. The summed E-state index contributed by atoms with van der Waals surface area (Å²) in [5, 5.41) is 35.9. The number of rotatable bonds is 9. The van der Waals surface area contributed by atoms with E-state index in [0.29, 0.717) is 10.5 Å². The van der Waals surface area contributed by atoms with Crippen LogP contribution in [0.1, 0.15) is 22.8 Å². The van der Waals surface area contributed by atoms with Gasteiger partial charge in [0.05, 0.1) is 18.0 Å². The van der Waals surface area contributed by atoms with E-state index >= 15 is 0 Å². The summed E-state index contributed by atoms with van der Waals surface area (Å²) in [5.41, 5.74) is 0.254. The smallest absolute Gasteiger partial charge is 0.534 e. The molecule has 198 valence electrons. The molecule has 6 N–H and O–H groups in total. The molecule has 0 aliphatic carbocycles. The summed E-state index contributed by atoms with van der Waals surface area (Å²) in [6, 6.07) is 1.93. The zero-order valence-corrected chi connectivity index (χ0v) is 19.8. The molecule has 2 heterocycles. The molecule has 1 fully saturated rings. The van der Waals surface area contributed by atoms with Gasteiger partial charge in [0.25, 0.3) is 0 Å². The molecule has 1 aromatic carbocycles. The molecule has 0 saturated carbocycles. The molecule has 37 heavy (non-hydrogen) atoms. The molecule has 0 bridgehead atoms. The van der Waals surface area contributed by atoms with Crippen molar-refractivity contribution in [3.05, 3.63) is 29.3 Å². The Hall–Kier alpha value is -4.18. The van der Waals surface area contributed by atoms with Crippen molar-refractivity contribution in [3.8, 4) is 5.75 Å². The van der Waals surface area contributed by atoms with Crippen molar-refractivity contribution in [1.82, 2.24) is 25.8 Å². The SMILES string of the molecule is CCN1CCN(C(=O)N[C@H](CNCC(=O)O)C(=O)N[C@H]2Cc3cccc(C(=O)O)c3OB2O)C(=O)C1=O. The lowest BCUT2D eigenvalue weighted by atomic mass is 9.72. The number of nitrogens with zero attached hydrogens (tertiary/aromatic N) is 2. The standard InChI is InChI=1S/C21H26BN5O10/c1-2-26-6-7-27(19(32)18(26)31)21(35)24-13(9-23-10-15(28)29)17(30)25-14-8-11-4-3-5-12(20(33)34)16(11)37-22(14)36/h3-5,13-14,23,36H,2,6-10H2,1H3,(H,24,35)(H,25,30)(H,28,29)(H,33,34)/t13-,14+/m1/s1. The fourth-order valence-electron chi connectivity index (χ4n) is 3.93. The Morgan fingerprint density at radius 3 is 2.54 bits per heavy atom. The number of imide groups is 1. The fourth-order valence-corrected chi connectivity index (χ4v) is 3.93. The number of carboxylic acids is 2. The largest absolute Gasteiger partial charge is 0.547 e. The molecule has 2 atom stereocenters. The molecule has 1 aromatic rings. The number of amides is 5. The van der Waals surface area contributed by atoms with Crippen molar-refractivity contribution in [2.75, 3.05) is 32.7 Å². The second-order valence-corrected chi connectivity index (χ2v) is 8.29. The lowest BCUT2D eigenvalue weighted by Crippen LogP contribution is -2.63. The van der Waals surface area contributed by atoms with E-state index < -0.39 is 61.3 Å². The molecule has 3 rings (SSSR count). The van der Waals surface area contributed by atoms with Gasteiger partial charge in [0.2, 0.25) is 5.91 Å². The number of fused-ring (bicyclic) bond motifs is 1. The molecule has 1 saturated heterocycles. The number of urea groups is 1. The summed E-state index contributed by atoms with van der Waals surface area (Å²) in [6.45, 7) is 1.09. The van der Waals surface area contributed by atoms with Crippen molar-refractivity contribution >= 4 is 42.8 Å². The molecule has 0 aromatic heterocycles. The summed E-state index contributed by atoms with van der Waals surface area (Å²) in [6.07, 6.45) is -0.00144. The van der Waals surface area contributed by atoms with E-state index in [-0.39, 0.29) is 43.9 Å². The van der Waals surface area contributed by atoms with E-state index in [1.807, 2.05) is 0 Å². The van der Waals surface area contributed by atoms with E-state index in [1.165, 1.54) is 17.0 Å². The molecule has 2 aliphatic heterocycles. The predicted octanol–water partition coefficient (Wildman–Crippen LogP) is -2.73. The first-order valence-corrected chi connectivity index (χ1v) is 11.4. The van der Waals surface area contributed by atoms with Gasteiger partial charge in [-0.1, -0.05) is 12.1 Å². The number of nitrogens with one attached hydrogen (secondary N) is 3. The van der Waals surface area contributed by atoms with Gasteiger partial charge in [0.1, 0.15) is 11.8 Å². The summed E-state index contributed by atoms with van der Waals surface area (Å²) >= 11 is 0. The monoisotopic (exact) mass is 519 g/mol. The molecule has 0 radical (unpaired) electrons.